The maximum absolute atomic E-state index is 10.5. The van der Waals surface area contributed by atoms with Crippen molar-refractivity contribution in [3.63, 3.8) is 0 Å². The van der Waals surface area contributed by atoms with Crippen LogP contribution in [-0.4, -0.2) is 10.9 Å². The summed E-state index contributed by atoms with van der Waals surface area (Å²) in [4.78, 5) is 10.5. The molecular formula is C11H10BrNO. The lowest BCUT2D eigenvalue weighted by atomic mass is 10.2. The van der Waals surface area contributed by atoms with Gasteiger partial charge in [-0.25, -0.2) is 0 Å². The molecule has 0 spiro atoms. The molecule has 0 unspecified atom stereocenters. The Morgan fingerprint density at radius 2 is 2.14 bits per heavy atom. The van der Waals surface area contributed by atoms with E-state index in [1.165, 1.54) is 0 Å². The first kappa shape index (κ1) is 9.46. The van der Waals surface area contributed by atoms with Gasteiger partial charge in [0.25, 0.3) is 0 Å². The highest BCUT2D eigenvalue weighted by Crippen LogP contribution is 2.29. The van der Waals surface area contributed by atoms with Gasteiger partial charge in [0.05, 0.1) is 6.54 Å². The van der Waals surface area contributed by atoms with Gasteiger partial charge in [-0.05, 0) is 28.9 Å². The molecule has 0 aliphatic rings. The largest absolute Gasteiger partial charge is 0.337 e. The van der Waals surface area contributed by atoms with Gasteiger partial charge in [-0.1, -0.05) is 18.2 Å². The molecule has 0 bridgehead atoms. The second-order valence-corrected chi connectivity index (χ2v) is 3.99. The van der Waals surface area contributed by atoms with Gasteiger partial charge < -0.3 is 9.36 Å². The Kier molecular flexibility index (Phi) is 2.42. The molecule has 0 aliphatic heterocycles. The fraction of sp³-hybridized carbons (Fsp3) is 0.182. The molecule has 1 aromatic carbocycles. The van der Waals surface area contributed by atoms with E-state index in [0.29, 0.717) is 6.54 Å². The standard InChI is InChI=1S/C11H10BrNO/c1-8-11(12)9-4-2-3-5-10(9)13(8)6-7-14/h2-5,7H,6H2,1H3. The molecule has 2 aromatic rings. The van der Waals surface area contributed by atoms with Gasteiger partial charge >= 0.3 is 0 Å². The Hall–Kier alpha value is -1.09. The first-order valence-electron chi connectivity index (χ1n) is 4.42. The van der Waals surface area contributed by atoms with Crippen molar-refractivity contribution in [3.8, 4) is 0 Å². The van der Waals surface area contributed by atoms with Crippen molar-refractivity contribution in [1.29, 1.82) is 0 Å². The Labute approximate surface area is 90.7 Å². The predicted molar refractivity (Wildman–Crippen MR) is 60.4 cm³/mol. The van der Waals surface area contributed by atoms with Gasteiger partial charge in [-0.2, -0.15) is 0 Å². The molecule has 1 heterocycles. The summed E-state index contributed by atoms with van der Waals surface area (Å²) >= 11 is 3.53. The summed E-state index contributed by atoms with van der Waals surface area (Å²) in [6.07, 6.45) is 0.922. The summed E-state index contributed by atoms with van der Waals surface area (Å²) in [6.45, 7) is 2.42. The molecule has 0 radical (unpaired) electrons. The Balaban J connectivity index is 2.80. The SMILES string of the molecule is Cc1c(Br)c2ccccc2n1CC=O. The van der Waals surface area contributed by atoms with E-state index in [1.54, 1.807) is 0 Å². The molecule has 0 amide bonds. The number of carbonyl (C=O) groups is 1. The van der Waals surface area contributed by atoms with Crippen LogP contribution >= 0.6 is 15.9 Å². The topological polar surface area (TPSA) is 22.0 Å². The van der Waals surface area contributed by atoms with Crippen LogP contribution in [0.4, 0.5) is 0 Å². The molecule has 0 fully saturated rings. The molecule has 0 atom stereocenters. The number of para-hydroxylation sites is 1. The molecule has 3 heteroatoms. The molecule has 0 saturated heterocycles. The second kappa shape index (κ2) is 3.58. The third-order valence-corrected chi connectivity index (χ3v) is 3.41. The third kappa shape index (κ3) is 1.28. The zero-order chi connectivity index (χ0) is 10.1. The maximum atomic E-state index is 10.5. The van der Waals surface area contributed by atoms with Crippen molar-refractivity contribution in [2.24, 2.45) is 0 Å². The average Bonchev–Trinajstić information content (AvgIpc) is 2.45. The van der Waals surface area contributed by atoms with Crippen LogP contribution in [0.5, 0.6) is 0 Å². The Morgan fingerprint density at radius 1 is 1.43 bits per heavy atom. The number of halogens is 1. The molecule has 14 heavy (non-hydrogen) atoms. The monoisotopic (exact) mass is 251 g/mol. The molecule has 0 saturated carbocycles. The van der Waals surface area contributed by atoms with Crippen LogP contribution in [0.25, 0.3) is 10.9 Å². The molecule has 0 aliphatic carbocycles. The number of fused-ring (bicyclic) bond motifs is 1. The summed E-state index contributed by atoms with van der Waals surface area (Å²) in [5.74, 6) is 0. The number of benzene rings is 1. The number of aromatic nitrogens is 1. The summed E-state index contributed by atoms with van der Waals surface area (Å²) in [6, 6.07) is 8.05. The van der Waals surface area contributed by atoms with Gasteiger partial charge in [-0.3, -0.25) is 0 Å². The summed E-state index contributed by atoms with van der Waals surface area (Å²) in [7, 11) is 0. The van der Waals surface area contributed by atoms with Crippen molar-refractivity contribution in [2.45, 2.75) is 13.5 Å². The quantitative estimate of drug-likeness (QED) is 0.753. The number of hydrogen-bond donors (Lipinski definition) is 0. The van der Waals surface area contributed by atoms with Crippen molar-refractivity contribution in [1.82, 2.24) is 4.57 Å². The van der Waals surface area contributed by atoms with E-state index in [1.807, 2.05) is 35.8 Å². The fourth-order valence-corrected chi connectivity index (χ4v) is 2.25. The summed E-state index contributed by atoms with van der Waals surface area (Å²) < 4.78 is 3.09. The van der Waals surface area contributed by atoms with Crippen LogP contribution in [0, 0.1) is 6.92 Å². The molecule has 72 valence electrons. The number of aldehydes is 1. The lowest BCUT2D eigenvalue weighted by Crippen LogP contribution is -2.00. The van der Waals surface area contributed by atoms with Crippen molar-refractivity contribution >= 4 is 33.1 Å². The Bertz CT molecular complexity index is 487. The minimum atomic E-state index is 0.415. The fourth-order valence-electron chi connectivity index (χ4n) is 1.70. The molecule has 2 nitrogen and oxygen atoms in total. The zero-order valence-corrected chi connectivity index (χ0v) is 9.41. The maximum Gasteiger partial charge on any atom is 0.139 e. The van der Waals surface area contributed by atoms with Gasteiger partial charge in [0.15, 0.2) is 0 Å². The lowest BCUT2D eigenvalue weighted by Gasteiger charge is -2.01. The highest BCUT2D eigenvalue weighted by atomic mass is 79.9. The number of carbonyl (C=O) groups excluding carboxylic acids is 1. The summed E-state index contributed by atoms with van der Waals surface area (Å²) in [5.41, 5.74) is 2.20. The van der Waals surface area contributed by atoms with E-state index in [-0.39, 0.29) is 0 Å². The van der Waals surface area contributed by atoms with E-state index in [2.05, 4.69) is 15.9 Å². The van der Waals surface area contributed by atoms with E-state index < -0.39 is 0 Å². The number of rotatable bonds is 2. The van der Waals surface area contributed by atoms with Crippen LogP contribution in [0.2, 0.25) is 0 Å². The van der Waals surface area contributed by atoms with E-state index in [9.17, 15) is 4.79 Å². The van der Waals surface area contributed by atoms with Crippen molar-refractivity contribution < 1.29 is 4.79 Å². The minimum absolute atomic E-state index is 0.415. The molecular weight excluding hydrogens is 242 g/mol. The van der Waals surface area contributed by atoms with Crippen LogP contribution in [0.15, 0.2) is 28.7 Å². The number of nitrogens with zero attached hydrogens (tertiary/aromatic N) is 1. The van der Waals surface area contributed by atoms with Gasteiger partial charge in [-0.15, -0.1) is 0 Å². The smallest absolute Gasteiger partial charge is 0.139 e. The van der Waals surface area contributed by atoms with Gasteiger partial charge in [0, 0.05) is 21.1 Å². The molecule has 2 rings (SSSR count). The van der Waals surface area contributed by atoms with Crippen LogP contribution in [0.1, 0.15) is 5.69 Å². The van der Waals surface area contributed by atoms with Crippen LogP contribution in [0.3, 0.4) is 0 Å². The normalized spacial score (nSPS) is 10.7. The van der Waals surface area contributed by atoms with Crippen molar-refractivity contribution in [2.75, 3.05) is 0 Å². The highest BCUT2D eigenvalue weighted by molar-refractivity contribution is 9.10. The number of hydrogen-bond acceptors (Lipinski definition) is 1. The molecule has 0 N–H and O–H groups in total. The third-order valence-electron chi connectivity index (χ3n) is 2.41. The summed E-state index contributed by atoms with van der Waals surface area (Å²) in [5, 5.41) is 1.16. The first-order chi connectivity index (χ1) is 6.75. The lowest BCUT2D eigenvalue weighted by molar-refractivity contribution is -0.108. The Morgan fingerprint density at radius 3 is 2.86 bits per heavy atom. The van der Waals surface area contributed by atoms with E-state index in [0.717, 1.165) is 27.4 Å². The predicted octanol–water partition coefficient (Wildman–Crippen LogP) is 2.91. The van der Waals surface area contributed by atoms with E-state index >= 15 is 0 Å². The first-order valence-corrected chi connectivity index (χ1v) is 5.22. The second-order valence-electron chi connectivity index (χ2n) is 3.19. The average molecular weight is 252 g/mol. The van der Waals surface area contributed by atoms with Crippen LogP contribution in [-0.2, 0) is 11.3 Å². The minimum Gasteiger partial charge on any atom is -0.337 e. The molecule has 1 aromatic heterocycles. The van der Waals surface area contributed by atoms with E-state index in [4.69, 9.17) is 0 Å². The highest BCUT2D eigenvalue weighted by Gasteiger charge is 2.09. The zero-order valence-electron chi connectivity index (χ0n) is 7.83. The van der Waals surface area contributed by atoms with Gasteiger partial charge in [0.2, 0.25) is 0 Å². The van der Waals surface area contributed by atoms with Gasteiger partial charge in [0.1, 0.15) is 6.29 Å². The van der Waals surface area contributed by atoms with Crippen LogP contribution < -0.4 is 0 Å². The van der Waals surface area contributed by atoms with Crippen molar-refractivity contribution in [3.05, 3.63) is 34.4 Å².